The lowest BCUT2D eigenvalue weighted by Crippen LogP contribution is -2.56. The van der Waals surface area contributed by atoms with Crippen LogP contribution in [0.25, 0.3) is 0 Å². The number of aliphatic carboxylic acids is 1. The van der Waals surface area contributed by atoms with Gasteiger partial charge in [-0.15, -0.1) is 0 Å². The van der Waals surface area contributed by atoms with E-state index in [4.69, 9.17) is 16.6 Å². The van der Waals surface area contributed by atoms with Gasteiger partial charge in [-0.05, 0) is 19.3 Å². The van der Waals surface area contributed by atoms with Crippen LogP contribution in [0.1, 0.15) is 40.0 Å². The van der Waals surface area contributed by atoms with Crippen LogP contribution in [0, 0.1) is 5.92 Å². The van der Waals surface area contributed by atoms with E-state index in [0.29, 0.717) is 6.42 Å². The fourth-order valence-electron chi connectivity index (χ4n) is 1.76. The zero-order chi connectivity index (χ0) is 18.2. The molecular formula is C14H26N4O5. The van der Waals surface area contributed by atoms with Crippen molar-refractivity contribution in [2.24, 2.45) is 17.4 Å². The van der Waals surface area contributed by atoms with Gasteiger partial charge >= 0.3 is 5.97 Å². The van der Waals surface area contributed by atoms with Crippen LogP contribution in [0.5, 0.6) is 0 Å². The lowest BCUT2D eigenvalue weighted by molar-refractivity contribution is -0.142. The third-order valence-electron chi connectivity index (χ3n) is 3.56. The Hall–Kier alpha value is -2.16. The largest absolute Gasteiger partial charge is 0.480 e. The van der Waals surface area contributed by atoms with Gasteiger partial charge in [-0.1, -0.05) is 20.3 Å². The summed E-state index contributed by atoms with van der Waals surface area (Å²) in [6.45, 7) is 4.92. The number of carbonyl (C=O) groups is 4. The second-order valence-corrected chi connectivity index (χ2v) is 5.55. The molecule has 0 aliphatic carbocycles. The van der Waals surface area contributed by atoms with Crippen LogP contribution < -0.4 is 22.1 Å². The van der Waals surface area contributed by atoms with E-state index >= 15 is 0 Å². The molecule has 4 atom stereocenters. The molecule has 0 unspecified atom stereocenters. The fraction of sp³-hybridized carbons (Fsp3) is 0.714. The van der Waals surface area contributed by atoms with Gasteiger partial charge in [-0.2, -0.15) is 0 Å². The minimum Gasteiger partial charge on any atom is -0.480 e. The van der Waals surface area contributed by atoms with E-state index in [2.05, 4.69) is 10.6 Å². The predicted molar refractivity (Wildman–Crippen MR) is 83.0 cm³/mol. The van der Waals surface area contributed by atoms with Crippen LogP contribution in [0.4, 0.5) is 0 Å². The van der Waals surface area contributed by atoms with Crippen molar-refractivity contribution >= 4 is 23.7 Å². The first kappa shape index (κ1) is 20.8. The summed E-state index contributed by atoms with van der Waals surface area (Å²) in [7, 11) is 0. The highest BCUT2D eigenvalue weighted by Gasteiger charge is 2.29. The van der Waals surface area contributed by atoms with Crippen molar-refractivity contribution < 1.29 is 24.3 Å². The minimum absolute atomic E-state index is 0.0369. The highest BCUT2D eigenvalue weighted by atomic mass is 16.4. The van der Waals surface area contributed by atoms with Crippen LogP contribution >= 0.6 is 0 Å². The smallest absolute Gasteiger partial charge is 0.325 e. The van der Waals surface area contributed by atoms with Crippen molar-refractivity contribution in [2.75, 3.05) is 0 Å². The van der Waals surface area contributed by atoms with Gasteiger partial charge in [-0.25, -0.2) is 0 Å². The van der Waals surface area contributed by atoms with Gasteiger partial charge in [0.05, 0.1) is 6.04 Å². The summed E-state index contributed by atoms with van der Waals surface area (Å²) in [5.41, 5.74) is 10.7. The van der Waals surface area contributed by atoms with Crippen LogP contribution in [0.15, 0.2) is 0 Å². The molecule has 0 saturated carbocycles. The number of nitrogens with two attached hydrogens (primary N) is 2. The zero-order valence-corrected chi connectivity index (χ0v) is 13.7. The number of hydrogen-bond acceptors (Lipinski definition) is 5. The summed E-state index contributed by atoms with van der Waals surface area (Å²) in [6.07, 6.45) is 0.628. The molecule has 0 rings (SSSR count). The maximum Gasteiger partial charge on any atom is 0.325 e. The Kier molecular flexibility index (Phi) is 8.86. The fourth-order valence-corrected chi connectivity index (χ4v) is 1.76. The molecule has 132 valence electrons. The van der Waals surface area contributed by atoms with Crippen molar-refractivity contribution in [1.29, 1.82) is 0 Å². The quantitative estimate of drug-likeness (QED) is 0.334. The van der Waals surface area contributed by atoms with E-state index in [-0.39, 0.29) is 18.8 Å². The SMILES string of the molecule is CC[C@H](C)[C@H](NC(=O)[C@@H](N)CCC(N)=O)C(=O)N[C@@H](C)C(=O)O. The Morgan fingerprint density at radius 3 is 2.09 bits per heavy atom. The lowest BCUT2D eigenvalue weighted by atomic mass is 9.97. The van der Waals surface area contributed by atoms with Gasteiger partial charge in [0.25, 0.3) is 0 Å². The van der Waals surface area contributed by atoms with E-state index in [9.17, 15) is 19.2 Å². The Morgan fingerprint density at radius 2 is 1.65 bits per heavy atom. The number of carboxylic acid groups (broad SMARTS) is 1. The minimum atomic E-state index is -1.18. The van der Waals surface area contributed by atoms with Crippen molar-refractivity contribution in [2.45, 2.75) is 58.2 Å². The Labute approximate surface area is 135 Å². The maximum atomic E-state index is 12.2. The van der Waals surface area contributed by atoms with Crippen LogP contribution in [-0.4, -0.2) is 46.9 Å². The normalized spacial score (nSPS) is 15.8. The van der Waals surface area contributed by atoms with Crippen molar-refractivity contribution in [3.63, 3.8) is 0 Å². The first-order valence-corrected chi connectivity index (χ1v) is 7.47. The Balaban J connectivity index is 4.84. The molecule has 0 saturated heterocycles. The molecule has 23 heavy (non-hydrogen) atoms. The summed E-state index contributed by atoms with van der Waals surface area (Å²) in [5.74, 6) is -3.15. The van der Waals surface area contributed by atoms with E-state index in [1.807, 2.05) is 6.92 Å². The molecule has 0 heterocycles. The maximum absolute atomic E-state index is 12.2. The summed E-state index contributed by atoms with van der Waals surface area (Å²) in [5, 5.41) is 13.7. The van der Waals surface area contributed by atoms with Crippen LogP contribution in [-0.2, 0) is 19.2 Å². The van der Waals surface area contributed by atoms with Gasteiger partial charge in [-0.3, -0.25) is 19.2 Å². The van der Waals surface area contributed by atoms with Crippen LogP contribution in [0.2, 0.25) is 0 Å². The molecule has 7 N–H and O–H groups in total. The van der Waals surface area contributed by atoms with E-state index in [1.54, 1.807) is 6.92 Å². The monoisotopic (exact) mass is 330 g/mol. The summed E-state index contributed by atoms with van der Waals surface area (Å²) in [6, 6.07) is -2.96. The average molecular weight is 330 g/mol. The molecule has 0 aromatic carbocycles. The number of hydrogen-bond donors (Lipinski definition) is 5. The molecule has 9 nitrogen and oxygen atoms in total. The second kappa shape index (κ2) is 9.78. The molecule has 0 aromatic rings. The predicted octanol–water partition coefficient (Wildman–Crippen LogP) is -1.30. The standard InChI is InChI=1S/C14H26N4O5/c1-4-7(2)11(13(21)17-8(3)14(22)23)18-12(20)9(15)5-6-10(16)19/h7-9,11H,4-6,15H2,1-3H3,(H2,16,19)(H,17,21)(H,18,20)(H,22,23)/t7-,8-,9-,11-/m0/s1. The van der Waals surface area contributed by atoms with E-state index in [1.165, 1.54) is 6.92 Å². The zero-order valence-electron chi connectivity index (χ0n) is 13.7. The highest BCUT2D eigenvalue weighted by Crippen LogP contribution is 2.09. The van der Waals surface area contributed by atoms with Gasteiger partial charge in [0.2, 0.25) is 17.7 Å². The van der Waals surface area contributed by atoms with E-state index < -0.39 is 41.8 Å². The molecular weight excluding hydrogens is 304 g/mol. The second-order valence-electron chi connectivity index (χ2n) is 5.55. The van der Waals surface area contributed by atoms with Gasteiger partial charge in [0.15, 0.2) is 0 Å². The number of nitrogens with one attached hydrogen (secondary N) is 2. The molecule has 0 spiro atoms. The number of primary amides is 1. The molecule has 0 radical (unpaired) electrons. The van der Waals surface area contributed by atoms with Crippen LogP contribution in [0.3, 0.4) is 0 Å². The number of carbonyl (C=O) groups excluding carboxylic acids is 3. The summed E-state index contributed by atoms with van der Waals surface area (Å²) in [4.78, 5) is 45.7. The molecule has 3 amide bonds. The van der Waals surface area contributed by atoms with Crippen molar-refractivity contribution in [1.82, 2.24) is 10.6 Å². The number of amides is 3. The number of carboxylic acids is 1. The third-order valence-corrected chi connectivity index (χ3v) is 3.56. The summed E-state index contributed by atoms with van der Waals surface area (Å²) < 4.78 is 0. The average Bonchev–Trinajstić information content (AvgIpc) is 2.48. The summed E-state index contributed by atoms with van der Waals surface area (Å²) >= 11 is 0. The molecule has 0 aliphatic heterocycles. The van der Waals surface area contributed by atoms with Gasteiger partial charge < -0.3 is 27.2 Å². The van der Waals surface area contributed by atoms with Crippen molar-refractivity contribution in [3.05, 3.63) is 0 Å². The molecule has 0 bridgehead atoms. The topological polar surface area (TPSA) is 165 Å². The number of rotatable bonds is 10. The molecule has 9 heteroatoms. The molecule has 0 aromatic heterocycles. The first-order valence-electron chi connectivity index (χ1n) is 7.47. The van der Waals surface area contributed by atoms with E-state index in [0.717, 1.165) is 0 Å². The van der Waals surface area contributed by atoms with Gasteiger partial charge in [0, 0.05) is 6.42 Å². The molecule has 0 aliphatic rings. The molecule has 0 fully saturated rings. The van der Waals surface area contributed by atoms with Gasteiger partial charge in [0.1, 0.15) is 12.1 Å². The Morgan fingerprint density at radius 1 is 1.09 bits per heavy atom. The van der Waals surface area contributed by atoms with Crippen molar-refractivity contribution in [3.8, 4) is 0 Å². The lowest BCUT2D eigenvalue weighted by Gasteiger charge is -2.25. The third kappa shape index (κ3) is 7.59. The Bertz CT molecular complexity index is 454. The highest BCUT2D eigenvalue weighted by molar-refractivity contribution is 5.92. The first-order chi connectivity index (χ1) is 10.6.